The van der Waals surface area contributed by atoms with Crippen LogP contribution in [0.1, 0.15) is 27.2 Å². The fourth-order valence-corrected chi connectivity index (χ4v) is 2.07. The monoisotopic (exact) mass is 258 g/mol. The molecule has 1 N–H and O–H groups in total. The van der Waals surface area contributed by atoms with Gasteiger partial charge in [0.2, 0.25) is 0 Å². The Morgan fingerprint density at radius 3 is 2.63 bits per heavy atom. The van der Waals surface area contributed by atoms with Gasteiger partial charge in [-0.1, -0.05) is 32.4 Å². The summed E-state index contributed by atoms with van der Waals surface area (Å²) < 4.78 is 1.94. The number of benzene rings is 1. The molecule has 0 aliphatic rings. The lowest BCUT2D eigenvalue weighted by molar-refractivity contribution is 0.495. The van der Waals surface area contributed by atoms with Gasteiger partial charge in [0.05, 0.1) is 0 Å². The molecular formula is C15H22N4. The average Bonchev–Trinajstić information content (AvgIpc) is 2.84. The highest BCUT2D eigenvalue weighted by Crippen LogP contribution is 2.27. The number of aromatic nitrogens is 3. The Morgan fingerprint density at radius 1 is 1.26 bits per heavy atom. The predicted molar refractivity (Wildman–Crippen MR) is 79.0 cm³/mol. The van der Waals surface area contributed by atoms with Crippen molar-refractivity contribution in [3.63, 3.8) is 0 Å². The Morgan fingerprint density at radius 2 is 2.00 bits per heavy atom. The quantitative estimate of drug-likeness (QED) is 0.894. The van der Waals surface area contributed by atoms with Crippen molar-refractivity contribution in [1.82, 2.24) is 14.8 Å². The van der Waals surface area contributed by atoms with Crippen molar-refractivity contribution in [2.24, 2.45) is 13.0 Å². The second-order valence-electron chi connectivity index (χ2n) is 5.13. The van der Waals surface area contributed by atoms with Gasteiger partial charge in [-0.05, 0) is 25.0 Å². The summed E-state index contributed by atoms with van der Waals surface area (Å²) in [4.78, 5) is 0. The van der Waals surface area contributed by atoms with Crippen molar-refractivity contribution in [3.05, 3.63) is 30.6 Å². The van der Waals surface area contributed by atoms with E-state index in [0.29, 0.717) is 12.0 Å². The first kappa shape index (κ1) is 13.6. The molecule has 4 nitrogen and oxygen atoms in total. The van der Waals surface area contributed by atoms with E-state index in [0.717, 1.165) is 17.1 Å². The molecule has 0 aliphatic heterocycles. The Balaban J connectivity index is 2.30. The van der Waals surface area contributed by atoms with E-state index in [2.05, 4.69) is 48.4 Å². The van der Waals surface area contributed by atoms with Gasteiger partial charge in [0.15, 0.2) is 5.82 Å². The molecule has 0 fully saturated rings. The van der Waals surface area contributed by atoms with Gasteiger partial charge in [0.25, 0.3) is 0 Å². The molecule has 2 rings (SSSR count). The molecule has 2 aromatic rings. The number of nitrogens with one attached hydrogen (secondary N) is 1. The third-order valence-electron chi connectivity index (χ3n) is 3.76. The lowest BCUT2D eigenvalue weighted by atomic mass is 10.00. The summed E-state index contributed by atoms with van der Waals surface area (Å²) in [6.07, 6.45) is 2.89. The average molecular weight is 258 g/mol. The molecule has 0 saturated carbocycles. The van der Waals surface area contributed by atoms with Crippen molar-refractivity contribution in [3.8, 4) is 11.4 Å². The maximum absolute atomic E-state index is 4.19. The zero-order valence-electron chi connectivity index (χ0n) is 12.1. The summed E-state index contributed by atoms with van der Waals surface area (Å²) in [7, 11) is 1.96. The summed E-state index contributed by atoms with van der Waals surface area (Å²) in [6, 6.07) is 8.69. The minimum Gasteiger partial charge on any atom is -0.382 e. The number of aryl methyl sites for hydroxylation is 1. The highest BCUT2D eigenvalue weighted by atomic mass is 15.2. The number of para-hydroxylation sites is 1. The van der Waals surface area contributed by atoms with Crippen LogP contribution in [0.4, 0.5) is 5.69 Å². The van der Waals surface area contributed by atoms with Crippen LogP contribution in [0.2, 0.25) is 0 Å². The molecule has 19 heavy (non-hydrogen) atoms. The van der Waals surface area contributed by atoms with Crippen molar-refractivity contribution in [2.45, 2.75) is 33.2 Å². The summed E-state index contributed by atoms with van der Waals surface area (Å²) in [5, 5.41) is 11.7. The van der Waals surface area contributed by atoms with E-state index in [1.165, 1.54) is 6.42 Å². The number of anilines is 1. The molecule has 0 saturated heterocycles. The molecule has 0 amide bonds. The fourth-order valence-electron chi connectivity index (χ4n) is 2.07. The second kappa shape index (κ2) is 5.87. The highest BCUT2D eigenvalue weighted by molar-refractivity contribution is 5.73. The van der Waals surface area contributed by atoms with E-state index in [9.17, 15) is 0 Å². The van der Waals surface area contributed by atoms with Gasteiger partial charge in [-0.25, -0.2) is 0 Å². The molecule has 1 aromatic heterocycles. The topological polar surface area (TPSA) is 42.7 Å². The Hall–Kier alpha value is -1.84. The number of hydrogen-bond donors (Lipinski definition) is 1. The maximum atomic E-state index is 4.19. The summed E-state index contributed by atoms with van der Waals surface area (Å²) in [5.41, 5.74) is 2.21. The standard InChI is InChI=1S/C15H22N4/c1-5-11(2)12(3)17-14-9-7-6-8-13(14)15-18-16-10-19(15)4/h6-12,17H,5H2,1-4H3. The smallest absolute Gasteiger partial charge is 0.165 e. The summed E-state index contributed by atoms with van der Waals surface area (Å²) >= 11 is 0. The largest absolute Gasteiger partial charge is 0.382 e. The van der Waals surface area contributed by atoms with Crippen LogP contribution in [-0.2, 0) is 7.05 Å². The lowest BCUT2D eigenvalue weighted by Crippen LogP contribution is -2.23. The van der Waals surface area contributed by atoms with Crippen molar-refractivity contribution in [2.75, 3.05) is 5.32 Å². The van der Waals surface area contributed by atoms with Crippen molar-refractivity contribution in [1.29, 1.82) is 0 Å². The van der Waals surface area contributed by atoms with Gasteiger partial charge in [-0.15, -0.1) is 10.2 Å². The molecule has 0 radical (unpaired) electrons. The lowest BCUT2D eigenvalue weighted by Gasteiger charge is -2.22. The molecule has 2 atom stereocenters. The fraction of sp³-hybridized carbons (Fsp3) is 0.467. The molecule has 0 spiro atoms. The molecule has 102 valence electrons. The minimum absolute atomic E-state index is 0.430. The summed E-state index contributed by atoms with van der Waals surface area (Å²) in [6.45, 7) is 6.71. The van der Waals surface area contributed by atoms with Crippen LogP contribution in [-0.4, -0.2) is 20.8 Å². The highest BCUT2D eigenvalue weighted by Gasteiger charge is 2.14. The predicted octanol–water partition coefficient (Wildman–Crippen LogP) is 3.33. The zero-order valence-corrected chi connectivity index (χ0v) is 12.1. The van der Waals surface area contributed by atoms with E-state index in [-0.39, 0.29) is 0 Å². The Labute approximate surface area is 114 Å². The van der Waals surface area contributed by atoms with Crippen LogP contribution in [0.25, 0.3) is 11.4 Å². The van der Waals surface area contributed by atoms with Gasteiger partial charge in [0, 0.05) is 24.3 Å². The maximum Gasteiger partial charge on any atom is 0.165 e. The van der Waals surface area contributed by atoms with Gasteiger partial charge in [-0.3, -0.25) is 0 Å². The van der Waals surface area contributed by atoms with Gasteiger partial charge >= 0.3 is 0 Å². The van der Waals surface area contributed by atoms with E-state index in [1.54, 1.807) is 6.33 Å². The molecule has 1 aromatic carbocycles. The Kier molecular flexibility index (Phi) is 4.20. The van der Waals surface area contributed by atoms with Crippen LogP contribution < -0.4 is 5.32 Å². The first-order chi connectivity index (χ1) is 9.13. The molecule has 0 aliphatic carbocycles. The second-order valence-corrected chi connectivity index (χ2v) is 5.13. The van der Waals surface area contributed by atoms with Crippen molar-refractivity contribution >= 4 is 5.69 Å². The van der Waals surface area contributed by atoms with Gasteiger partial charge < -0.3 is 9.88 Å². The van der Waals surface area contributed by atoms with Gasteiger partial charge in [0.1, 0.15) is 6.33 Å². The third-order valence-corrected chi connectivity index (χ3v) is 3.76. The van der Waals surface area contributed by atoms with E-state index >= 15 is 0 Å². The first-order valence-corrected chi connectivity index (χ1v) is 6.83. The van der Waals surface area contributed by atoms with Crippen LogP contribution in [0.5, 0.6) is 0 Å². The SMILES string of the molecule is CCC(C)C(C)Nc1ccccc1-c1nncn1C. The number of hydrogen-bond acceptors (Lipinski definition) is 3. The molecule has 1 heterocycles. The van der Waals surface area contributed by atoms with E-state index in [4.69, 9.17) is 0 Å². The van der Waals surface area contributed by atoms with Gasteiger partial charge in [-0.2, -0.15) is 0 Å². The van der Waals surface area contributed by atoms with Crippen LogP contribution >= 0.6 is 0 Å². The molecule has 0 bridgehead atoms. The van der Waals surface area contributed by atoms with Crippen LogP contribution in [0.15, 0.2) is 30.6 Å². The number of rotatable bonds is 5. The first-order valence-electron chi connectivity index (χ1n) is 6.83. The minimum atomic E-state index is 0.430. The van der Waals surface area contributed by atoms with Crippen molar-refractivity contribution < 1.29 is 0 Å². The molecule has 4 heteroatoms. The third kappa shape index (κ3) is 2.95. The summed E-state index contributed by atoms with van der Waals surface area (Å²) in [5.74, 6) is 1.52. The zero-order chi connectivity index (χ0) is 13.8. The van der Waals surface area contributed by atoms with E-state index in [1.807, 2.05) is 23.7 Å². The van der Waals surface area contributed by atoms with E-state index < -0.39 is 0 Å². The van der Waals surface area contributed by atoms with Crippen LogP contribution in [0.3, 0.4) is 0 Å². The van der Waals surface area contributed by atoms with Crippen LogP contribution in [0, 0.1) is 5.92 Å². The normalized spacial score (nSPS) is 14.1. The Bertz CT molecular complexity index is 532. The molecular weight excluding hydrogens is 236 g/mol. The number of nitrogens with zero attached hydrogens (tertiary/aromatic N) is 3. The molecule has 2 unspecified atom stereocenters.